The van der Waals surface area contributed by atoms with E-state index in [0.717, 1.165) is 46.7 Å². The van der Waals surface area contributed by atoms with Crippen LogP contribution in [0.5, 0.6) is 0 Å². The van der Waals surface area contributed by atoms with E-state index in [1.165, 1.54) is 6.07 Å². The Morgan fingerprint density at radius 2 is 1.72 bits per heavy atom. The fourth-order valence-corrected chi connectivity index (χ4v) is 5.50. The number of hydrogen-bond donors (Lipinski definition) is 2. The first-order chi connectivity index (χ1) is 21.8. The van der Waals surface area contributed by atoms with E-state index in [1.54, 1.807) is 17.0 Å². The second-order valence-electron chi connectivity index (χ2n) is 11.6. The summed E-state index contributed by atoms with van der Waals surface area (Å²) in [4.78, 5) is 28.2. The quantitative estimate of drug-likeness (QED) is 0.133. The van der Waals surface area contributed by atoms with E-state index < -0.39 is 22.4 Å². The molecule has 0 bridgehead atoms. The standard InChI is InChI=1S/C35H40F3N5O3/c1-5-6-9-23(2)25(4)33(39)30-21-28(14-12-24(30)3)40-34(44)29-11-8-7-10-26(29)22-41-16-18-42(19-17-41)31-15-13-27(35(36,37)38)20-32(31)43(45)46/h7-15,20-21H,5-6,16-19,22,39H2,1-4H3,(H,40,44)/b23-9+,33-25+. The minimum Gasteiger partial charge on any atom is -0.398 e. The molecule has 1 fully saturated rings. The zero-order valence-electron chi connectivity index (χ0n) is 26.6. The lowest BCUT2D eigenvalue weighted by Crippen LogP contribution is -2.46. The van der Waals surface area contributed by atoms with Crippen LogP contribution in [0, 0.1) is 17.0 Å². The van der Waals surface area contributed by atoms with E-state index in [1.807, 2.05) is 51.1 Å². The molecule has 8 nitrogen and oxygen atoms in total. The topological polar surface area (TPSA) is 105 Å². The van der Waals surface area contributed by atoms with Gasteiger partial charge in [-0.2, -0.15) is 13.2 Å². The number of allylic oxidation sites excluding steroid dienone is 3. The maximum Gasteiger partial charge on any atom is 0.416 e. The van der Waals surface area contributed by atoms with Gasteiger partial charge in [0.15, 0.2) is 0 Å². The summed E-state index contributed by atoms with van der Waals surface area (Å²) in [7, 11) is 0. The number of anilines is 2. The third-order valence-electron chi connectivity index (χ3n) is 8.39. The number of carbonyl (C=O) groups is 1. The van der Waals surface area contributed by atoms with Crippen molar-refractivity contribution < 1.29 is 22.9 Å². The Labute approximate surface area is 267 Å². The summed E-state index contributed by atoms with van der Waals surface area (Å²) in [6.07, 6.45) is -0.464. The molecular weight excluding hydrogens is 595 g/mol. The fraction of sp³-hybridized carbons (Fsp3) is 0.343. The van der Waals surface area contributed by atoms with Gasteiger partial charge < -0.3 is 16.0 Å². The summed E-state index contributed by atoms with van der Waals surface area (Å²) in [5.74, 6) is -0.261. The molecule has 3 N–H and O–H groups in total. The highest BCUT2D eigenvalue weighted by atomic mass is 19.4. The molecule has 0 aromatic heterocycles. The van der Waals surface area contributed by atoms with Gasteiger partial charge >= 0.3 is 6.18 Å². The molecule has 0 radical (unpaired) electrons. The SMILES string of the molecule is CCC/C=C(C)/C(C)=C(/N)c1cc(NC(=O)c2ccccc2CN2CCN(c3ccc(C(F)(F)F)cc3[N+](=O)[O-])CC2)ccc1C. The van der Waals surface area contributed by atoms with Gasteiger partial charge in [-0.1, -0.05) is 49.3 Å². The van der Waals surface area contributed by atoms with Gasteiger partial charge in [0.05, 0.1) is 10.5 Å². The van der Waals surface area contributed by atoms with E-state index in [9.17, 15) is 28.1 Å². The Morgan fingerprint density at radius 1 is 1.02 bits per heavy atom. The number of benzene rings is 3. The first-order valence-electron chi connectivity index (χ1n) is 15.3. The number of carbonyl (C=O) groups excluding carboxylic acids is 1. The first kappa shape index (κ1) is 34.2. The normalized spacial score (nSPS) is 15.0. The fourth-order valence-electron chi connectivity index (χ4n) is 5.50. The highest BCUT2D eigenvalue weighted by Gasteiger charge is 2.34. The van der Waals surface area contributed by atoms with Gasteiger partial charge in [-0.15, -0.1) is 0 Å². The highest BCUT2D eigenvalue weighted by molar-refractivity contribution is 6.05. The Hall–Kier alpha value is -4.64. The lowest BCUT2D eigenvalue weighted by molar-refractivity contribution is -0.384. The van der Waals surface area contributed by atoms with Gasteiger partial charge in [0.25, 0.3) is 11.6 Å². The van der Waals surface area contributed by atoms with Crippen molar-refractivity contribution in [1.29, 1.82) is 0 Å². The predicted molar refractivity (Wildman–Crippen MR) is 177 cm³/mol. The van der Waals surface area contributed by atoms with E-state index in [4.69, 9.17) is 5.73 Å². The smallest absolute Gasteiger partial charge is 0.398 e. The number of piperazine rings is 1. The van der Waals surface area contributed by atoms with Gasteiger partial charge in [-0.3, -0.25) is 19.8 Å². The van der Waals surface area contributed by atoms with Gasteiger partial charge in [0.2, 0.25) is 0 Å². The maximum atomic E-state index is 13.5. The van der Waals surface area contributed by atoms with Crippen molar-refractivity contribution in [1.82, 2.24) is 4.90 Å². The summed E-state index contributed by atoms with van der Waals surface area (Å²) in [6.45, 7) is 10.4. The minimum atomic E-state index is -4.67. The third kappa shape index (κ3) is 8.14. The number of nitro benzene ring substituents is 1. The molecular formula is C35H40F3N5O3. The number of nitrogens with zero attached hydrogens (tertiary/aromatic N) is 3. The molecule has 0 spiro atoms. The molecule has 46 heavy (non-hydrogen) atoms. The molecule has 0 aliphatic carbocycles. The first-order valence-corrected chi connectivity index (χ1v) is 15.3. The Morgan fingerprint density at radius 3 is 2.37 bits per heavy atom. The molecule has 0 unspecified atom stereocenters. The summed E-state index contributed by atoms with van der Waals surface area (Å²) in [5, 5.41) is 14.6. The van der Waals surface area contributed by atoms with Crippen LogP contribution in [0.2, 0.25) is 0 Å². The zero-order chi connectivity index (χ0) is 33.6. The molecule has 3 aromatic carbocycles. The number of nitrogens with one attached hydrogen (secondary N) is 1. The van der Waals surface area contributed by atoms with Gasteiger partial charge in [-0.25, -0.2) is 0 Å². The molecule has 11 heteroatoms. The van der Waals surface area contributed by atoms with Gasteiger partial charge in [-0.05, 0) is 74.2 Å². The van der Waals surface area contributed by atoms with Crippen molar-refractivity contribution in [2.75, 3.05) is 36.4 Å². The second-order valence-corrected chi connectivity index (χ2v) is 11.6. The van der Waals surface area contributed by atoms with Crippen LogP contribution in [0.1, 0.15) is 66.2 Å². The number of rotatable bonds is 10. The number of aryl methyl sites for hydroxylation is 1. The molecule has 3 aromatic rings. The molecule has 0 saturated carbocycles. The van der Waals surface area contributed by atoms with Crippen molar-refractivity contribution in [3.8, 4) is 0 Å². The van der Waals surface area contributed by atoms with Crippen molar-refractivity contribution in [2.24, 2.45) is 5.73 Å². The van der Waals surface area contributed by atoms with Gasteiger partial charge in [0, 0.05) is 61.3 Å². The molecule has 1 amide bonds. The largest absolute Gasteiger partial charge is 0.416 e. The predicted octanol–water partition coefficient (Wildman–Crippen LogP) is 7.93. The molecule has 1 aliphatic heterocycles. The van der Waals surface area contributed by atoms with Crippen molar-refractivity contribution in [2.45, 2.75) is 53.3 Å². The number of unbranched alkanes of at least 4 members (excludes halogenated alkanes) is 1. The summed E-state index contributed by atoms with van der Waals surface area (Å²) < 4.78 is 39.4. The number of halogens is 3. The second kappa shape index (κ2) is 14.6. The zero-order valence-corrected chi connectivity index (χ0v) is 26.6. The number of hydrogen-bond acceptors (Lipinski definition) is 6. The average Bonchev–Trinajstić information content (AvgIpc) is 3.03. The number of alkyl halides is 3. The maximum absolute atomic E-state index is 13.5. The summed E-state index contributed by atoms with van der Waals surface area (Å²) >= 11 is 0. The Balaban J connectivity index is 1.46. The van der Waals surface area contributed by atoms with E-state index in [-0.39, 0.29) is 11.6 Å². The van der Waals surface area contributed by atoms with Crippen LogP contribution >= 0.6 is 0 Å². The molecule has 1 saturated heterocycles. The highest BCUT2D eigenvalue weighted by Crippen LogP contribution is 2.37. The average molecular weight is 636 g/mol. The van der Waals surface area contributed by atoms with Crippen LogP contribution in [-0.4, -0.2) is 41.9 Å². The van der Waals surface area contributed by atoms with Crippen LogP contribution < -0.4 is 16.0 Å². The lowest BCUT2D eigenvalue weighted by atomic mass is 9.97. The Kier molecular flexibility index (Phi) is 10.9. The van der Waals surface area contributed by atoms with E-state index >= 15 is 0 Å². The van der Waals surface area contributed by atoms with Crippen molar-refractivity contribution in [3.05, 3.63) is 116 Å². The van der Waals surface area contributed by atoms with Crippen molar-refractivity contribution in [3.63, 3.8) is 0 Å². The number of nitrogens with two attached hydrogens (primary N) is 1. The molecule has 0 atom stereocenters. The number of amides is 1. The minimum absolute atomic E-state index is 0.160. The molecule has 244 valence electrons. The van der Waals surface area contributed by atoms with E-state index in [2.05, 4.69) is 23.2 Å². The number of nitro groups is 1. The van der Waals surface area contributed by atoms with E-state index in [0.29, 0.717) is 55.7 Å². The third-order valence-corrected chi connectivity index (χ3v) is 8.39. The van der Waals surface area contributed by atoms with Crippen LogP contribution in [0.4, 0.5) is 30.2 Å². The lowest BCUT2D eigenvalue weighted by Gasteiger charge is -2.36. The van der Waals surface area contributed by atoms with Crippen LogP contribution in [0.25, 0.3) is 5.70 Å². The summed E-state index contributed by atoms with van der Waals surface area (Å²) in [5.41, 5.74) is 11.7. The van der Waals surface area contributed by atoms with Crippen molar-refractivity contribution >= 4 is 28.7 Å². The van der Waals surface area contributed by atoms with Gasteiger partial charge in [0.1, 0.15) is 5.69 Å². The summed E-state index contributed by atoms with van der Waals surface area (Å²) in [6, 6.07) is 15.6. The molecule has 4 rings (SSSR count). The Bertz CT molecular complexity index is 1660. The van der Waals surface area contributed by atoms with Crippen LogP contribution in [0.3, 0.4) is 0 Å². The van der Waals surface area contributed by atoms with Crippen LogP contribution in [-0.2, 0) is 12.7 Å². The molecule has 1 aliphatic rings. The monoisotopic (exact) mass is 635 g/mol. The van der Waals surface area contributed by atoms with Crippen LogP contribution in [0.15, 0.2) is 77.9 Å². The molecule has 1 heterocycles.